The molecule has 0 spiro atoms. The molecule has 5 nitrogen and oxygen atoms in total. The van der Waals surface area contributed by atoms with Gasteiger partial charge in [-0.3, -0.25) is 9.36 Å². The molecule has 0 aliphatic rings. The number of aromatic nitrogens is 4. The highest BCUT2D eigenvalue weighted by Crippen LogP contribution is 2.26. The van der Waals surface area contributed by atoms with E-state index in [1.165, 1.54) is 0 Å². The van der Waals surface area contributed by atoms with Crippen LogP contribution in [0.2, 0.25) is 0 Å². The van der Waals surface area contributed by atoms with Gasteiger partial charge in [0.25, 0.3) is 0 Å². The molecule has 2 rings (SSSR count). The largest absolute Gasteiger partial charge is 0.396 e. The van der Waals surface area contributed by atoms with Crippen LogP contribution in [0.4, 0.5) is 5.69 Å². The summed E-state index contributed by atoms with van der Waals surface area (Å²) in [5.41, 5.74) is 8.32. The summed E-state index contributed by atoms with van der Waals surface area (Å²) in [6, 6.07) is 0. The van der Waals surface area contributed by atoms with Crippen LogP contribution in [-0.2, 0) is 12.6 Å². The Bertz CT molecular complexity index is 501. The van der Waals surface area contributed by atoms with Crippen LogP contribution in [0.15, 0.2) is 18.6 Å². The fraction of sp³-hybridized carbons (Fsp3) is 0.455. The zero-order valence-corrected chi connectivity index (χ0v) is 10.1. The summed E-state index contributed by atoms with van der Waals surface area (Å²) in [6.45, 7) is 6.27. The molecule has 0 atom stereocenters. The van der Waals surface area contributed by atoms with Gasteiger partial charge in [-0.2, -0.15) is 10.2 Å². The molecule has 0 bridgehead atoms. The molecule has 0 saturated heterocycles. The van der Waals surface area contributed by atoms with Gasteiger partial charge in [-0.25, -0.2) is 0 Å². The Morgan fingerprint density at radius 3 is 2.38 bits per heavy atom. The number of nitrogens with zero attached hydrogens (tertiary/aromatic N) is 4. The Kier molecular flexibility index (Phi) is 2.26. The zero-order chi connectivity index (χ0) is 11.9. The molecule has 0 fully saturated rings. The van der Waals surface area contributed by atoms with Crippen molar-refractivity contribution in [3.63, 3.8) is 0 Å². The van der Waals surface area contributed by atoms with Gasteiger partial charge in [0.15, 0.2) is 0 Å². The molecule has 0 radical (unpaired) electrons. The van der Waals surface area contributed by atoms with Crippen LogP contribution in [0, 0.1) is 0 Å². The predicted molar refractivity (Wildman–Crippen MR) is 63.8 cm³/mol. The summed E-state index contributed by atoms with van der Waals surface area (Å²) in [5, 5.41) is 8.62. The topological polar surface area (TPSA) is 61.7 Å². The zero-order valence-electron chi connectivity index (χ0n) is 10.1. The molecule has 16 heavy (non-hydrogen) atoms. The predicted octanol–water partition coefficient (Wildman–Crippen LogP) is 1.62. The molecule has 2 aromatic rings. The van der Waals surface area contributed by atoms with E-state index in [0.717, 1.165) is 11.3 Å². The van der Waals surface area contributed by atoms with E-state index in [-0.39, 0.29) is 5.54 Å². The molecule has 0 aliphatic heterocycles. The number of hydrogen-bond acceptors (Lipinski definition) is 3. The number of nitrogen functional groups attached to an aromatic ring is 1. The van der Waals surface area contributed by atoms with E-state index in [4.69, 9.17) is 5.73 Å². The second kappa shape index (κ2) is 3.37. The van der Waals surface area contributed by atoms with Crippen molar-refractivity contribution >= 4 is 5.69 Å². The molecular formula is C11H17N5. The first kappa shape index (κ1) is 10.7. The van der Waals surface area contributed by atoms with E-state index in [9.17, 15) is 0 Å². The van der Waals surface area contributed by atoms with Crippen LogP contribution in [0.5, 0.6) is 0 Å². The minimum absolute atomic E-state index is 0.0609. The summed E-state index contributed by atoms with van der Waals surface area (Å²) in [5.74, 6) is 0. The van der Waals surface area contributed by atoms with E-state index in [1.54, 1.807) is 10.9 Å². The summed E-state index contributed by atoms with van der Waals surface area (Å²) in [7, 11) is 1.88. The lowest BCUT2D eigenvalue weighted by Crippen LogP contribution is -2.22. The molecule has 0 unspecified atom stereocenters. The average Bonchev–Trinajstić information content (AvgIpc) is 2.70. The lowest BCUT2D eigenvalue weighted by atomic mass is 10.1. The van der Waals surface area contributed by atoms with Gasteiger partial charge >= 0.3 is 0 Å². The van der Waals surface area contributed by atoms with Gasteiger partial charge < -0.3 is 5.73 Å². The third-order valence-corrected chi connectivity index (χ3v) is 2.41. The number of rotatable bonds is 1. The van der Waals surface area contributed by atoms with Crippen molar-refractivity contribution in [1.82, 2.24) is 19.6 Å². The van der Waals surface area contributed by atoms with Crippen molar-refractivity contribution in [3.05, 3.63) is 18.6 Å². The molecule has 2 heterocycles. The van der Waals surface area contributed by atoms with E-state index >= 15 is 0 Å². The van der Waals surface area contributed by atoms with Crippen molar-refractivity contribution in [2.75, 3.05) is 5.73 Å². The maximum Gasteiger partial charge on any atom is 0.118 e. The highest BCUT2D eigenvalue weighted by Gasteiger charge is 2.18. The molecule has 2 aromatic heterocycles. The number of nitrogens with two attached hydrogens (primary N) is 1. The Labute approximate surface area is 94.9 Å². The Morgan fingerprint density at radius 1 is 1.25 bits per heavy atom. The molecular weight excluding hydrogens is 202 g/mol. The van der Waals surface area contributed by atoms with Crippen molar-refractivity contribution in [2.45, 2.75) is 26.3 Å². The first-order chi connectivity index (χ1) is 7.38. The van der Waals surface area contributed by atoms with Crippen LogP contribution in [0.3, 0.4) is 0 Å². The van der Waals surface area contributed by atoms with Gasteiger partial charge in [0, 0.05) is 25.0 Å². The van der Waals surface area contributed by atoms with E-state index in [0.29, 0.717) is 5.69 Å². The smallest absolute Gasteiger partial charge is 0.118 e. The van der Waals surface area contributed by atoms with Crippen molar-refractivity contribution in [1.29, 1.82) is 0 Å². The van der Waals surface area contributed by atoms with Gasteiger partial charge in [-0.15, -0.1) is 0 Å². The van der Waals surface area contributed by atoms with Crippen LogP contribution >= 0.6 is 0 Å². The van der Waals surface area contributed by atoms with Gasteiger partial charge in [-0.05, 0) is 20.8 Å². The van der Waals surface area contributed by atoms with E-state index in [2.05, 4.69) is 31.0 Å². The van der Waals surface area contributed by atoms with Crippen LogP contribution in [0.1, 0.15) is 20.8 Å². The monoisotopic (exact) mass is 219 g/mol. The lowest BCUT2D eigenvalue weighted by molar-refractivity contribution is 0.356. The maximum absolute atomic E-state index is 5.96. The first-order valence-corrected chi connectivity index (χ1v) is 5.22. The molecule has 0 aliphatic carbocycles. The summed E-state index contributed by atoms with van der Waals surface area (Å²) in [6.07, 6.45) is 5.54. The number of anilines is 1. The first-order valence-electron chi connectivity index (χ1n) is 5.22. The van der Waals surface area contributed by atoms with Crippen LogP contribution < -0.4 is 5.73 Å². The summed E-state index contributed by atoms with van der Waals surface area (Å²) in [4.78, 5) is 0. The standard InChI is InChI=1S/C11H17N5/c1-11(2,3)16-7-9(12)10(14-16)8-5-13-15(4)6-8/h5-7H,12H2,1-4H3. The molecule has 2 N–H and O–H groups in total. The minimum Gasteiger partial charge on any atom is -0.396 e. The number of aryl methyl sites for hydroxylation is 1. The van der Waals surface area contributed by atoms with Crippen molar-refractivity contribution in [3.8, 4) is 11.3 Å². The van der Waals surface area contributed by atoms with Gasteiger partial charge in [0.2, 0.25) is 0 Å². The summed E-state index contributed by atoms with van der Waals surface area (Å²) >= 11 is 0. The second-order valence-corrected chi connectivity index (χ2v) is 4.95. The van der Waals surface area contributed by atoms with Crippen molar-refractivity contribution < 1.29 is 0 Å². The van der Waals surface area contributed by atoms with Crippen molar-refractivity contribution in [2.24, 2.45) is 7.05 Å². The van der Waals surface area contributed by atoms with E-state index in [1.807, 2.05) is 24.1 Å². The molecule has 0 amide bonds. The SMILES string of the molecule is Cn1cc(-c2nn(C(C)(C)C)cc2N)cn1. The lowest BCUT2D eigenvalue weighted by Gasteiger charge is -2.18. The fourth-order valence-electron chi connectivity index (χ4n) is 1.50. The van der Waals surface area contributed by atoms with E-state index < -0.39 is 0 Å². The second-order valence-electron chi connectivity index (χ2n) is 4.95. The fourth-order valence-corrected chi connectivity index (χ4v) is 1.50. The normalized spacial score (nSPS) is 12.0. The highest BCUT2D eigenvalue weighted by molar-refractivity contribution is 5.70. The molecule has 86 valence electrons. The molecule has 5 heteroatoms. The Balaban J connectivity index is 2.47. The van der Waals surface area contributed by atoms with Gasteiger partial charge in [0.1, 0.15) is 5.69 Å². The third-order valence-electron chi connectivity index (χ3n) is 2.41. The quantitative estimate of drug-likeness (QED) is 0.792. The Hall–Kier alpha value is -1.78. The average molecular weight is 219 g/mol. The highest BCUT2D eigenvalue weighted by atomic mass is 15.3. The number of hydrogen-bond donors (Lipinski definition) is 1. The van der Waals surface area contributed by atoms with Gasteiger partial charge in [0.05, 0.1) is 17.4 Å². The van der Waals surface area contributed by atoms with Crippen LogP contribution in [-0.4, -0.2) is 19.6 Å². The molecule has 0 saturated carbocycles. The minimum atomic E-state index is -0.0609. The summed E-state index contributed by atoms with van der Waals surface area (Å²) < 4.78 is 3.62. The molecule has 0 aromatic carbocycles. The van der Waals surface area contributed by atoms with Gasteiger partial charge in [-0.1, -0.05) is 0 Å². The third kappa shape index (κ3) is 1.80. The van der Waals surface area contributed by atoms with Crippen LogP contribution in [0.25, 0.3) is 11.3 Å². The maximum atomic E-state index is 5.96. The Morgan fingerprint density at radius 2 is 1.94 bits per heavy atom.